The minimum Gasteiger partial charge on any atom is -0.508 e. The number of nitrogens with zero attached hydrogens (tertiary/aromatic N) is 2. The van der Waals surface area contributed by atoms with Crippen molar-refractivity contribution in [2.45, 2.75) is 38.5 Å². The molecule has 4 atom stereocenters. The topological polar surface area (TPSA) is 195 Å². The molecule has 0 bridgehead atoms. The number of ketones is 2. The molecule has 0 unspecified atom stereocenters. The van der Waals surface area contributed by atoms with Crippen LogP contribution in [-0.2, 0) is 27.4 Å². The molecule has 0 spiro atoms. The molecular weight excluding hydrogens is 506 g/mol. The van der Waals surface area contributed by atoms with Crippen molar-refractivity contribution in [2.75, 3.05) is 14.1 Å². The van der Waals surface area contributed by atoms with Crippen molar-refractivity contribution < 1.29 is 39.9 Å². The normalized spacial score (nSPS) is 26.1. The lowest BCUT2D eigenvalue weighted by molar-refractivity contribution is -0.153. The summed E-state index contributed by atoms with van der Waals surface area (Å²) in [5, 5.41) is 54.1. The fourth-order valence-electron chi connectivity index (χ4n) is 6.24. The average molecular weight is 538 g/mol. The molecule has 2 aromatic rings. The number of amides is 1. The maximum absolute atomic E-state index is 13.9. The van der Waals surface area contributed by atoms with Gasteiger partial charge in [-0.25, -0.2) is 0 Å². The van der Waals surface area contributed by atoms with Crippen LogP contribution < -0.4 is 5.73 Å². The number of carbonyl (C=O) groups is 3. The van der Waals surface area contributed by atoms with E-state index in [0.717, 1.165) is 0 Å². The van der Waals surface area contributed by atoms with E-state index in [1.54, 1.807) is 32.4 Å². The van der Waals surface area contributed by atoms with Gasteiger partial charge in [0.15, 0.2) is 11.4 Å². The number of nitrogens with two attached hydrogens (primary N) is 1. The second kappa shape index (κ2) is 9.60. The summed E-state index contributed by atoms with van der Waals surface area (Å²) in [6.07, 6.45) is 3.23. The number of primary amides is 1. The second-order valence-corrected chi connectivity index (χ2v) is 10.2. The third-order valence-electron chi connectivity index (χ3n) is 7.89. The number of aromatic hydroxyl groups is 1. The molecule has 39 heavy (non-hydrogen) atoms. The summed E-state index contributed by atoms with van der Waals surface area (Å²) in [4.78, 5) is 44.7. The molecular formula is C28H31N3O8. The van der Waals surface area contributed by atoms with E-state index in [1.165, 1.54) is 17.2 Å². The summed E-state index contributed by atoms with van der Waals surface area (Å²) >= 11 is 0. The smallest absolute Gasteiger partial charge is 0.255 e. The Balaban J connectivity index is 0.00000353. The number of aliphatic hydroxyl groups is 4. The summed E-state index contributed by atoms with van der Waals surface area (Å²) in [7, 11) is 3.09. The number of phenols is 1. The Morgan fingerprint density at radius 2 is 1.87 bits per heavy atom. The van der Waals surface area contributed by atoms with Crippen LogP contribution in [0.2, 0.25) is 0 Å². The number of phenolic OH excluding ortho intramolecular Hbond substituents is 1. The van der Waals surface area contributed by atoms with E-state index in [9.17, 15) is 39.9 Å². The average Bonchev–Trinajstić information content (AvgIpc) is 2.86. The summed E-state index contributed by atoms with van der Waals surface area (Å²) in [6.45, 7) is -0.238. The minimum absolute atomic E-state index is 0. The summed E-state index contributed by atoms with van der Waals surface area (Å²) in [6, 6.07) is 3.57. The van der Waals surface area contributed by atoms with Gasteiger partial charge in [0.05, 0.1) is 18.2 Å². The van der Waals surface area contributed by atoms with Crippen molar-refractivity contribution in [3.63, 3.8) is 0 Å². The van der Waals surface area contributed by atoms with Crippen molar-refractivity contribution in [1.29, 1.82) is 0 Å². The first-order valence-corrected chi connectivity index (χ1v) is 12.0. The summed E-state index contributed by atoms with van der Waals surface area (Å²) < 4.78 is 0. The molecule has 0 aliphatic heterocycles. The molecule has 3 aliphatic rings. The third kappa shape index (κ3) is 3.84. The molecule has 11 heteroatoms. The minimum atomic E-state index is -2.68. The molecule has 0 saturated heterocycles. The van der Waals surface area contributed by atoms with Crippen LogP contribution >= 0.6 is 0 Å². The number of hydrogen-bond donors (Lipinski definition) is 6. The van der Waals surface area contributed by atoms with Crippen molar-refractivity contribution in [3.05, 3.63) is 64.2 Å². The zero-order chi connectivity index (χ0) is 27.7. The largest absolute Gasteiger partial charge is 0.508 e. The van der Waals surface area contributed by atoms with E-state index < -0.39 is 58.0 Å². The third-order valence-corrected chi connectivity index (χ3v) is 7.89. The predicted molar refractivity (Wildman–Crippen MR) is 140 cm³/mol. The molecule has 1 aromatic heterocycles. The van der Waals surface area contributed by atoms with Gasteiger partial charge in [-0.05, 0) is 61.7 Å². The van der Waals surface area contributed by atoms with Gasteiger partial charge in [-0.1, -0.05) is 13.5 Å². The number of likely N-dealkylation sites (N-methyl/N-ethyl adjacent to an activating group) is 1. The molecule has 1 amide bonds. The Morgan fingerprint density at radius 3 is 2.49 bits per heavy atom. The number of aromatic nitrogens is 1. The van der Waals surface area contributed by atoms with Crippen LogP contribution in [0.1, 0.15) is 30.5 Å². The first-order valence-electron chi connectivity index (χ1n) is 12.0. The molecule has 1 saturated carbocycles. The van der Waals surface area contributed by atoms with E-state index in [2.05, 4.69) is 4.98 Å². The number of Topliss-reactive ketones (excluding diaryl/α,β-unsaturated/α-hetero) is 2. The van der Waals surface area contributed by atoms with Gasteiger partial charge in [0, 0.05) is 29.4 Å². The first-order chi connectivity index (χ1) is 17.9. The Labute approximate surface area is 224 Å². The molecule has 206 valence electrons. The second-order valence-electron chi connectivity index (χ2n) is 10.2. The molecule has 5 rings (SSSR count). The van der Waals surface area contributed by atoms with Gasteiger partial charge in [-0.2, -0.15) is 0 Å². The predicted octanol–water partition coefficient (Wildman–Crippen LogP) is 1.15. The highest BCUT2D eigenvalue weighted by molar-refractivity contribution is 6.24. The standard InChI is InChI=1S/C27H27N3O8.CH4/c1-30(2)21-16-7-12-6-15-14(13-5-11(10-31)8-29-9-13)3-4-17(32)19(15)22(33)18(12)24(35)27(16,38)25(36)20(23(21)34)26(28)37;/h3-5,8-9,12,16,21,31-33,36,38H,6-7,10H2,1-2H3,(H2,28,37);1H4/t12-,16-,21-,27-;/m0./s1. The van der Waals surface area contributed by atoms with Gasteiger partial charge in [0.2, 0.25) is 5.78 Å². The molecule has 11 nitrogen and oxygen atoms in total. The van der Waals surface area contributed by atoms with E-state index in [1.807, 2.05) is 0 Å². The lowest BCUT2D eigenvalue weighted by atomic mass is 9.57. The highest BCUT2D eigenvalue weighted by Gasteiger charge is 2.64. The number of carbonyl (C=O) groups excluding carboxylic acids is 3. The molecule has 0 radical (unpaired) electrons. The van der Waals surface area contributed by atoms with Gasteiger partial charge in [0.25, 0.3) is 5.91 Å². The van der Waals surface area contributed by atoms with Gasteiger partial charge in [0.1, 0.15) is 22.8 Å². The summed E-state index contributed by atoms with van der Waals surface area (Å²) in [5.41, 5.74) is 3.89. The number of benzene rings is 1. The quantitative estimate of drug-likeness (QED) is 0.308. The highest BCUT2D eigenvalue weighted by Crippen LogP contribution is 2.53. The van der Waals surface area contributed by atoms with E-state index in [4.69, 9.17) is 5.73 Å². The van der Waals surface area contributed by atoms with Crippen LogP contribution in [0.5, 0.6) is 5.75 Å². The Bertz CT molecular complexity index is 1480. The van der Waals surface area contributed by atoms with Crippen molar-refractivity contribution >= 4 is 23.2 Å². The SMILES string of the molecule is C.CN(C)[C@@H]1C(=O)C(C(N)=O)=C(O)[C@@]2(O)C(=O)C3=C(O)c4c(O)ccc(-c5cncc(CO)c5)c4C[C@H]3C[C@@H]12. The van der Waals surface area contributed by atoms with Crippen LogP contribution in [0.4, 0.5) is 0 Å². The van der Waals surface area contributed by atoms with Crippen molar-refractivity contribution in [2.24, 2.45) is 17.6 Å². The van der Waals surface area contributed by atoms with Crippen LogP contribution in [0.25, 0.3) is 16.9 Å². The number of aliphatic hydroxyl groups excluding tert-OH is 3. The number of fused-ring (bicyclic) bond motifs is 3. The Kier molecular flexibility index (Phi) is 6.88. The van der Waals surface area contributed by atoms with E-state index in [-0.39, 0.29) is 43.8 Å². The van der Waals surface area contributed by atoms with Gasteiger partial charge < -0.3 is 31.3 Å². The Hall–Kier alpha value is -4.06. The van der Waals surface area contributed by atoms with Gasteiger partial charge in [-0.15, -0.1) is 0 Å². The van der Waals surface area contributed by atoms with Crippen LogP contribution in [0.3, 0.4) is 0 Å². The number of rotatable bonds is 4. The molecule has 1 aromatic carbocycles. The zero-order valence-electron chi connectivity index (χ0n) is 20.7. The lowest BCUT2D eigenvalue weighted by Gasteiger charge is -2.50. The maximum atomic E-state index is 13.9. The lowest BCUT2D eigenvalue weighted by Crippen LogP contribution is -2.65. The molecule has 7 N–H and O–H groups in total. The number of hydrogen-bond acceptors (Lipinski definition) is 10. The van der Waals surface area contributed by atoms with E-state index >= 15 is 0 Å². The Morgan fingerprint density at radius 1 is 1.18 bits per heavy atom. The van der Waals surface area contributed by atoms with Gasteiger partial charge >= 0.3 is 0 Å². The van der Waals surface area contributed by atoms with Crippen LogP contribution in [-0.4, -0.2) is 78.6 Å². The zero-order valence-corrected chi connectivity index (χ0v) is 20.7. The first kappa shape index (κ1) is 28.0. The fourth-order valence-corrected chi connectivity index (χ4v) is 6.24. The fraction of sp³-hybridized carbons (Fsp3) is 0.357. The van der Waals surface area contributed by atoms with Gasteiger partial charge in [-0.3, -0.25) is 24.3 Å². The molecule has 1 heterocycles. The number of pyridine rings is 1. The van der Waals surface area contributed by atoms with Crippen LogP contribution in [0.15, 0.2) is 47.5 Å². The molecule has 1 fully saturated rings. The monoisotopic (exact) mass is 537 g/mol. The van der Waals surface area contributed by atoms with E-state index in [0.29, 0.717) is 22.3 Å². The highest BCUT2D eigenvalue weighted by atomic mass is 16.3. The van der Waals surface area contributed by atoms with Crippen molar-refractivity contribution in [3.8, 4) is 16.9 Å². The van der Waals surface area contributed by atoms with Crippen molar-refractivity contribution in [1.82, 2.24) is 9.88 Å². The molecule has 3 aliphatic carbocycles. The maximum Gasteiger partial charge on any atom is 0.255 e. The van der Waals surface area contributed by atoms with Crippen LogP contribution in [0, 0.1) is 11.8 Å². The summed E-state index contributed by atoms with van der Waals surface area (Å²) in [5.74, 6) is -6.98.